The zero-order valence-corrected chi connectivity index (χ0v) is 17.4. The summed E-state index contributed by atoms with van der Waals surface area (Å²) in [5.74, 6) is -0.581. The van der Waals surface area contributed by atoms with Gasteiger partial charge in [-0.2, -0.15) is 13.2 Å². The minimum absolute atomic E-state index is 0.0822. The van der Waals surface area contributed by atoms with E-state index in [2.05, 4.69) is 5.32 Å². The molecule has 1 N–H and O–H groups in total. The van der Waals surface area contributed by atoms with Crippen LogP contribution in [0, 0.1) is 0 Å². The van der Waals surface area contributed by atoms with Crippen LogP contribution in [-0.2, 0) is 27.1 Å². The molecule has 166 valence electrons. The molecule has 0 saturated carbocycles. The maximum absolute atomic E-state index is 13.1. The largest absolute Gasteiger partial charge is 0.416 e. The van der Waals surface area contributed by atoms with Crippen molar-refractivity contribution in [1.29, 1.82) is 0 Å². The van der Waals surface area contributed by atoms with Crippen molar-refractivity contribution in [3.05, 3.63) is 70.2 Å². The molecular weight excluding hydrogens is 433 g/mol. The van der Waals surface area contributed by atoms with Crippen molar-refractivity contribution in [3.8, 4) is 0 Å². The SMILES string of the molecule is O=C(COCc1ccccc1Cl)NC(CN1CCCC1=O)c1cccc(C(F)(F)F)c1. The summed E-state index contributed by atoms with van der Waals surface area (Å²) in [6.45, 7) is 0.421. The Labute approximate surface area is 183 Å². The molecular formula is C22H22ClF3N2O3. The van der Waals surface area contributed by atoms with Crippen molar-refractivity contribution in [2.45, 2.75) is 31.7 Å². The molecule has 31 heavy (non-hydrogen) atoms. The molecule has 1 unspecified atom stereocenters. The second-order valence-electron chi connectivity index (χ2n) is 7.27. The highest BCUT2D eigenvalue weighted by molar-refractivity contribution is 6.31. The van der Waals surface area contributed by atoms with Crippen LogP contribution in [0.4, 0.5) is 13.2 Å². The second-order valence-corrected chi connectivity index (χ2v) is 7.68. The Morgan fingerprint density at radius 3 is 2.65 bits per heavy atom. The van der Waals surface area contributed by atoms with E-state index in [0.717, 1.165) is 12.1 Å². The van der Waals surface area contributed by atoms with Gasteiger partial charge in [-0.25, -0.2) is 0 Å². The first kappa shape index (κ1) is 23.1. The summed E-state index contributed by atoms with van der Waals surface area (Å²) in [5, 5.41) is 3.21. The van der Waals surface area contributed by atoms with Gasteiger partial charge in [0, 0.05) is 24.5 Å². The van der Waals surface area contributed by atoms with Gasteiger partial charge in [0.15, 0.2) is 0 Å². The number of hydrogen-bond acceptors (Lipinski definition) is 3. The molecule has 9 heteroatoms. The average Bonchev–Trinajstić information content (AvgIpc) is 3.13. The number of carbonyl (C=O) groups is 2. The van der Waals surface area contributed by atoms with Crippen molar-refractivity contribution < 1.29 is 27.5 Å². The fourth-order valence-electron chi connectivity index (χ4n) is 3.39. The summed E-state index contributed by atoms with van der Waals surface area (Å²) in [4.78, 5) is 26.0. The number of halogens is 4. The Bertz CT molecular complexity index is 936. The summed E-state index contributed by atoms with van der Waals surface area (Å²) in [6, 6.07) is 11.0. The first-order chi connectivity index (χ1) is 14.7. The zero-order chi connectivity index (χ0) is 22.4. The van der Waals surface area contributed by atoms with Gasteiger partial charge >= 0.3 is 6.18 Å². The standard InChI is InChI=1S/C22H22ClF3N2O3/c23-18-8-2-1-5-16(18)13-31-14-20(29)27-19(12-28-10-4-9-21(28)30)15-6-3-7-17(11-15)22(24,25)26/h1-3,5-8,11,19H,4,9-10,12-14H2,(H,27,29). The van der Waals surface area contributed by atoms with Crippen LogP contribution in [0.25, 0.3) is 0 Å². The maximum atomic E-state index is 13.1. The third-order valence-electron chi connectivity index (χ3n) is 4.97. The number of amides is 2. The second kappa shape index (κ2) is 10.2. The van der Waals surface area contributed by atoms with Crippen LogP contribution in [0.2, 0.25) is 5.02 Å². The fraction of sp³-hybridized carbons (Fsp3) is 0.364. The summed E-state index contributed by atoms with van der Waals surface area (Å²) in [5.41, 5.74) is 0.176. The van der Waals surface area contributed by atoms with Gasteiger partial charge in [-0.3, -0.25) is 9.59 Å². The Balaban J connectivity index is 1.68. The van der Waals surface area contributed by atoms with E-state index in [1.54, 1.807) is 29.2 Å². The van der Waals surface area contributed by atoms with E-state index in [1.807, 2.05) is 0 Å². The highest BCUT2D eigenvalue weighted by Crippen LogP contribution is 2.31. The van der Waals surface area contributed by atoms with E-state index in [4.69, 9.17) is 16.3 Å². The zero-order valence-electron chi connectivity index (χ0n) is 16.6. The Kier molecular flexibility index (Phi) is 7.56. The number of nitrogens with zero attached hydrogens (tertiary/aromatic N) is 1. The maximum Gasteiger partial charge on any atom is 0.416 e. The Hall–Kier alpha value is -2.58. The number of nitrogens with one attached hydrogen (secondary N) is 1. The highest BCUT2D eigenvalue weighted by atomic mass is 35.5. The Morgan fingerprint density at radius 1 is 1.19 bits per heavy atom. The van der Waals surface area contributed by atoms with Crippen LogP contribution in [0.1, 0.15) is 35.6 Å². The number of hydrogen-bond donors (Lipinski definition) is 1. The van der Waals surface area contributed by atoms with Gasteiger partial charge in [-0.15, -0.1) is 0 Å². The van der Waals surface area contributed by atoms with E-state index in [-0.39, 0.29) is 31.2 Å². The number of ether oxygens (including phenoxy) is 1. The smallest absolute Gasteiger partial charge is 0.367 e. The molecule has 1 aliphatic heterocycles. The van der Waals surface area contributed by atoms with Crippen LogP contribution >= 0.6 is 11.6 Å². The fourth-order valence-corrected chi connectivity index (χ4v) is 3.58. The van der Waals surface area contributed by atoms with Crippen LogP contribution in [0.5, 0.6) is 0 Å². The molecule has 0 aliphatic carbocycles. The molecule has 5 nitrogen and oxygen atoms in total. The number of rotatable bonds is 8. The minimum Gasteiger partial charge on any atom is -0.367 e. The quantitative estimate of drug-likeness (QED) is 0.645. The molecule has 0 aromatic heterocycles. The lowest BCUT2D eigenvalue weighted by atomic mass is 10.0. The molecule has 1 atom stereocenters. The molecule has 1 heterocycles. The third kappa shape index (κ3) is 6.45. The normalized spacial score (nSPS) is 15.2. The monoisotopic (exact) mass is 454 g/mol. The lowest BCUT2D eigenvalue weighted by Crippen LogP contribution is -2.40. The van der Waals surface area contributed by atoms with Gasteiger partial charge in [0.1, 0.15) is 6.61 Å². The van der Waals surface area contributed by atoms with Crippen LogP contribution < -0.4 is 5.32 Å². The molecule has 2 aromatic rings. The van der Waals surface area contributed by atoms with Gasteiger partial charge in [0.2, 0.25) is 11.8 Å². The molecule has 2 amide bonds. The number of carbonyl (C=O) groups excluding carboxylic acids is 2. The third-order valence-corrected chi connectivity index (χ3v) is 5.34. The van der Waals surface area contributed by atoms with Crippen LogP contribution in [0.15, 0.2) is 48.5 Å². The summed E-state index contributed by atoms with van der Waals surface area (Å²) in [6.07, 6.45) is -3.43. The van der Waals surface area contributed by atoms with Crippen LogP contribution in [0.3, 0.4) is 0 Å². The molecule has 0 radical (unpaired) electrons. The number of benzene rings is 2. The molecule has 0 spiro atoms. The van der Waals surface area contributed by atoms with Crippen molar-refractivity contribution in [2.24, 2.45) is 0 Å². The van der Waals surface area contributed by atoms with Gasteiger partial charge < -0.3 is 15.0 Å². The first-order valence-corrected chi connectivity index (χ1v) is 10.2. The average molecular weight is 455 g/mol. The lowest BCUT2D eigenvalue weighted by molar-refractivity contribution is -0.137. The van der Waals surface area contributed by atoms with Crippen LogP contribution in [-0.4, -0.2) is 36.4 Å². The van der Waals surface area contributed by atoms with E-state index < -0.39 is 23.7 Å². The highest BCUT2D eigenvalue weighted by Gasteiger charge is 2.32. The molecule has 0 bridgehead atoms. The minimum atomic E-state index is -4.51. The summed E-state index contributed by atoms with van der Waals surface area (Å²) in [7, 11) is 0. The van der Waals surface area contributed by atoms with Crippen molar-refractivity contribution in [3.63, 3.8) is 0 Å². The van der Waals surface area contributed by atoms with Gasteiger partial charge in [0.05, 0.1) is 18.2 Å². The topological polar surface area (TPSA) is 58.6 Å². The molecule has 3 rings (SSSR count). The van der Waals surface area contributed by atoms with Crippen molar-refractivity contribution in [1.82, 2.24) is 10.2 Å². The van der Waals surface area contributed by atoms with E-state index in [1.165, 1.54) is 12.1 Å². The lowest BCUT2D eigenvalue weighted by Gasteiger charge is -2.26. The number of likely N-dealkylation sites (tertiary alicyclic amines) is 1. The van der Waals surface area contributed by atoms with Gasteiger partial charge in [0.25, 0.3) is 0 Å². The van der Waals surface area contributed by atoms with Crippen molar-refractivity contribution in [2.75, 3.05) is 19.7 Å². The first-order valence-electron chi connectivity index (χ1n) is 9.79. The summed E-state index contributed by atoms with van der Waals surface area (Å²) < 4.78 is 44.8. The van der Waals surface area contributed by atoms with Gasteiger partial charge in [-0.1, -0.05) is 41.9 Å². The molecule has 1 fully saturated rings. The molecule has 1 aliphatic rings. The van der Waals surface area contributed by atoms with E-state index >= 15 is 0 Å². The van der Waals surface area contributed by atoms with Gasteiger partial charge in [-0.05, 0) is 35.7 Å². The molecule has 1 saturated heterocycles. The van der Waals surface area contributed by atoms with E-state index in [9.17, 15) is 22.8 Å². The summed E-state index contributed by atoms with van der Waals surface area (Å²) >= 11 is 6.05. The Morgan fingerprint density at radius 2 is 1.97 bits per heavy atom. The van der Waals surface area contributed by atoms with E-state index in [0.29, 0.717) is 30.0 Å². The van der Waals surface area contributed by atoms with Crippen molar-refractivity contribution >= 4 is 23.4 Å². The predicted octanol–water partition coefficient (Wildman–Crippen LogP) is 4.36. The number of alkyl halides is 3. The molecule has 2 aromatic carbocycles. The predicted molar refractivity (Wildman–Crippen MR) is 109 cm³/mol.